The van der Waals surface area contributed by atoms with Gasteiger partial charge in [-0.05, 0) is 44.9 Å². The molecule has 0 unspecified atom stereocenters. The molecule has 0 amide bonds. The summed E-state index contributed by atoms with van der Waals surface area (Å²) in [6, 6.07) is 5.81. The lowest BCUT2D eigenvalue weighted by Gasteiger charge is -2.16. The van der Waals surface area contributed by atoms with Crippen LogP contribution in [0.25, 0.3) is 0 Å². The summed E-state index contributed by atoms with van der Waals surface area (Å²) in [5.74, 6) is 1.62. The summed E-state index contributed by atoms with van der Waals surface area (Å²) < 4.78 is 12.9. The largest absolute Gasteiger partial charge is 0.493 e. The van der Waals surface area contributed by atoms with E-state index in [1.165, 1.54) is 43.1 Å². The average Bonchev–Trinajstić information content (AvgIpc) is 3.27. The molecule has 1 heterocycles. The zero-order chi connectivity index (χ0) is 18.7. The van der Waals surface area contributed by atoms with Gasteiger partial charge in [-0.2, -0.15) is 0 Å². The van der Waals surface area contributed by atoms with Crippen molar-refractivity contribution in [1.29, 1.82) is 0 Å². The number of carbonyl (C=O) groups is 1. The van der Waals surface area contributed by atoms with Gasteiger partial charge in [0.1, 0.15) is 0 Å². The number of rotatable bonds is 7. The van der Waals surface area contributed by atoms with Crippen molar-refractivity contribution in [3.8, 4) is 11.5 Å². The van der Waals surface area contributed by atoms with Crippen molar-refractivity contribution in [3.05, 3.63) is 35.2 Å². The molecule has 1 saturated carbocycles. The maximum absolute atomic E-state index is 12.7. The van der Waals surface area contributed by atoms with Crippen LogP contribution in [0.5, 0.6) is 11.5 Å². The molecule has 140 valence electrons. The van der Waals surface area contributed by atoms with Gasteiger partial charge in [-0.15, -0.1) is 0 Å². The van der Waals surface area contributed by atoms with Gasteiger partial charge >= 0.3 is 0 Å². The van der Waals surface area contributed by atoms with Crippen molar-refractivity contribution in [3.63, 3.8) is 0 Å². The summed E-state index contributed by atoms with van der Waals surface area (Å²) in [5, 5.41) is 0.959. The Morgan fingerprint density at radius 3 is 2.54 bits per heavy atom. The lowest BCUT2D eigenvalue weighted by molar-refractivity contribution is 0.102. The molecule has 0 atom stereocenters. The van der Waals surface area contributed by atoms with Gasteiger partial charge in [-0.25, -0.2) is 4.98 Å². The number of methoxy groups -OCH3 is 2. The highest BCUT2D eigenvalue weighted by molar-refractivity contribution is 7.99. The van der Waals surface area contributed by atoms with E-state index in [-0.39, 0.29) is 5.78 Å². The van der Waals surface area contributed by atoms with Crippen LogP contribution in [0.15, 0.2) is 23.4 Å². The Kier molecular flexibility index (Phi) is 5.91. The minimum atomic E-state index is 0.0623. The lowest BCUT2D eigenvalue weighted by Crippen LogP contribution is -2.10. The van der Waals surface area contributed by atoms with Gasteiger partial charge in [0, 0.05) is 17.3 Å². The van der Waals surface area contributed by atoms with Gasteiger partial charge in [0.15, 0.2) is 22.4 Å². The molecular weight excluding hydrogens is 348 g/mol. The van der Waals surface area contributed by atoms with Crippen LogP contribution in [0.1, 0.15) is 53.5 Å². The second-order valence-electron chi connectivity index (χ2n) is 6.66. The highest BCUT2D eigenvalue weighted by Gasteiger charge is 2.23. The molecule has 1 aromatic heterocycles. The van der Waals surface area contributed by atoms with Gasteiger partial charge in [-0.1, -0.05) is 24.6 Å². The first kappa shape index (κ1) is 18.8. The summed E-state index contributed by atoms with van der Waals surface area (Å²) in [7, 11) is 3.16. The molecule has 1 aromatic carbocycles. The van der Waals surface area contributed by atoms with Crippen molar-refractivity contribution in [2.75, 3.05) is 20.0 Å². The number of imidazole rings is 1. The standard InChI is InChI=1S/C20H26N2O3S/c1-13-14(2)22(16-7-5-6-8-16)20(21-13)26-12-17(23)15-9-10-18(24-3)19(11-15)25-4/h9-11,16H,5-8,12H2,1-4H3. The number of benzene rings is 1. The first-order chi connectivity index (χ1) is 12.5. The van der Waals surface area contributed by atoms with E-state index in [0.29, 0.717) is 28.9 Å². The number of carbonyl (C=O) groups excluding carboxylic acids is 1. The molecule has 3 rings (SSSR count). The van der Waals surface area contributed by atoms with Gasteiger partial charge in [-0.3, -0.25) is 4.79 Å². The van der Waals surface area contributed by atoms with Crippen LogP contribution in [-0.4, -0.2) is 35.3 Å². The molecule has 26 heavy (non-hydrogen) atoms. The van der Waals surface area contributed by atoms with Crippen molar-refractivity contribution in [2.45, 2.75) is 50.7 Å². The molecule has 0 aliphatic heterocycles. The molecule has 0 bridgehead atoms. The van der Waals surface area contributed by atoms with E-state index < -0.39 is 0 Å². The number of ketones is 1. The van der Waals surface area contributed by atoms with Crippen LogP contribution in [0.3, 0.4) is 0 Å². The molecule has 0 saturated heterocycles. The van der Waals surface area contributed by atoms with Crippen LogP contribution < -0.4 is 9.47 Å². The Balaban J connectivity index is 1.75. The molecule has 0 spiro atoms. The van der Waals surface area contributed by atoms with Crippen molar-refractivity contribution < 1.29 is 14.3 Å². The minimum absolute atomic E-state index is 0.0623. The van der Waals surface area contributed by atoms with E-state index in [1.807, 2.05) is 6.92 Å². The molecule has 1 aliphatic rings. The van der Waals surface area contributed by atoms with Gasteiger partial charge in [0.05, 0.1) is 25.7 Å². The fourth-order valence-corrected chi connectivity index (χ4v) is 4.57. The fraction of sp³-hybridized carbons (Fsp3) is 0.500. The van der Waals surface area contributed by atoms with E-state index >= 15 is 0 Å². The van der Waals surface area contributed by atoms with E-state index in [9.17, 15) is 4.79 Å². The van der Waals surface area contributed by atoms with Crippen molar-refractivity contribution >= 4 is 17.5 Å². The Morgan fingerprint density at radius 1 is 1.19 bits per heavy atom. The first-order valence-electron chi connectivity index (χ1n) is 8.98. The second kappa shape index (κ2) is 8.16. The second-order valence-corrected chi connectivity index (χ2v) is 7.60. The van der Waals surface area contributed by atoms with Gasteiger partial charge < -0.3 is 14.0 Å². The summed E-state index contributed by atoms with van der Waals surface area (Å²) in [6.45, 7) is 4.17. The Labute approximate surface area is 159 Å². The normalized spacial score (nSPS) is 14.6. The maximum Gasteiger partial charge on any atom is 0.173 e. The fourth-order valence-electron chi connectivity index (χ4n) is 3.51. The summed E-state index contributed by atoms with van der Waals surface area (Å²) in [5.41, 5.74) is 2.90. The smallest absolute Gasteiger partial charge is 0.173 e. The molecule has 1 aliphatic carbocycles. The SMILES string of the molecule is COc1ccc(C(=O)CSc2nc(C)c(C)n2C2CCCC2)cc1OC. The van der Waals surface area contributed by atoms with Crippen LogP contribution in [0, 0.1) is 13.8 Å². The number of thioether (sulfide) groups is 1. The molecule has 2 aromatic rings. The summed E-state index contributed by atoms with van der Waals surface area (Å²) in [6.07, 6.45) is 4.95. The van der Waals surface area contributed by atoms with E-state index in [1.54, 1.807) is 32.4 Å². The number of hydrogen-bond donors (Lipinski definition) is 0. The van der Waals surface area contributed by atoms with Crippen LogP contribution in [0.4, 0.5) is 0 Å². The Morgan fingerprint density at radius 2 is 1.88 bits per heavy atom. The van der Waals surface area contributed by atoms with E-state index in [0.717, 1.165) is 10.9 Å². The number of nitrogens with zero attached hydrogens (tertiary/aromatic N) is 2. The number of ether oxygens (including phenoxy) is 2. The zero-order valence-electron chi connectivity index (χ0n) is 15.9. The highest BCUT2D eigenvalue weighted by Crippen LogP contribution is 2.35. The van der Waals surface area contributed by atoms with E-state index in [2.05, 4.69) is 11.5 Å². The third-order valence-electron chi connectivity index (χ3n) is 5.08. The lowest BCUT2D eigenvalue weighted by atomic mass is 10.1. The molecular formula is C20H26N2O3S. The number of hydrogen-bond acceptors (Lipinski definition) is 5. The predicted octanol–water partition coefficient (Wildman–Crippen LogP) is 4.61. The topological polar surface area (TPSA) is 53.3 Å². The number of aryl methyl sites for hydroxylation is 1. The summed E-state index contributed by atoms with van der Waals surface area (Å²) in [4.78, 5) is 17.4. The van der Waals surface area contributed by atoms with Gasteiger partial charge in [0.2, 0.25) is 0 Å². The monoisotopic (exact) mass is 374 g/mol. The zero-order valence-corrected chi connectivity index (χ0v) is 16.7. The Bertz CT molecular complexity index is 795. The predicted molar refractivity (Wildman–Crippen MR) is 104 cm³/mol. The van der Waals surface area contributed by atoms with Crippen LogP contribution in [0.2, 0.25) is 0 Å². The maximum atomic E-state index is 12.7. The molecule has 6 heteroatoms. The van der Waals surface area contributed by atoms with Gasteiger partial charge in [0.25, 0.3) is 0 Å². The molecule has 0 N–H and O–H groups in total. The molecule has 0 radical (unpaired) electrons. The van der Waals surface area contributed by atoms with Crippen molar-refractivity contribution in [2.24, 2.45) is 0 Å². The highest BCUT2D eigenvalue weighted by atomic mass is 32.2. The number of Topliss-reactive ketones (excluding diaryl/α,β-unsaturated/α-hetero) is 1. The van der Waals surface area contributed by atoms with E-state index in [4.69, 9.17) is 14.5 Å². The average molecular weight is 375 g/mol. The first-order valence-corrected chi connectivity index (χ1v) is 9.97. The molecule has 5 nitrogen and oxygen atoms in total. The quantitative estimate of drug-likeness (QED) is 0.523. The third-order valence-corrected chi connectivity index (χ3v) is 6.03. The molecule has 1 fully saturated rings. The minimum Gasteiger partial charge on any atom is -0.493 e. The Hall–Kier alpha value is -1.95. The van der Waals surface area contributed by atoms with Crippen molar-refractivity contribution in [1.82, 2.24) is 9.55 Å². The van der Waals surface area contributed by atoms with Crippen LogP contribution >= 0.6 is 11.8 Å². The third kappa shape index (κ3) is 3.75. The summed E-state index contributed by atoms with van der Waals surface area (Å²) >= 11 is 1.53. The van der Waals surface area contributed by atoms with Crippen LogP contribution in [-0.2, 0) is 0 Å². The number of aromatic nitrogens is 2.